The number of aromatic nitrogens is 3. The molecule has 0 radical (unpaired) electrons. The van der Waals surface area contributed by atoms with Crippen molar-refractivity contribution < 1.29 is 0 Å². The summed E-state index contributed by atoms with van der Waals surface area (Å²) < 4.78 is 2.00. The van der Waals surface area contributed by atoms with Crippen LogP contribution in [0, 0.1) is 6.92 Å². The van der Waals surface area contributed by atoms with Crippen LogP contribution in [0.3, 0.4) is 0 Å². The fourth-order valence-corrected chi connectivity index (χ4v) is 3.52. The van der Waals surface area contributed by atoms with Crippen LogP contribution in [0.4, 0.5) is 5.95 Å². The second kappa shape index (κ2) is 6.36. The Bertz CT molecular complexity index is 846. The van der Waals surface area contributed by atoms with Crippen molar-refractivity contribution in [2.24, 2.45) is 0 Å². The molecule has 128 valence electrons. The summed E-state index contributed by atoms with van der Waals surface area (Å²) in [5.74, 6) is 1.39. The maximum absolute atomic E-state index is 4.45. The molecule has 0 bridgehead atoms. The summed E-state index contributed by atoms with van der Waals surface area (Å²) in [6.45, 7) is 6.57. The average molecular weight is 332 g/mol. The molecule has 1 aromatic heterocycles. The molecule has 2 heterocycles. The summed E-state index contributed by atoms with van der Waals surface area (Å²) in [4.78, 5) is 4.41. The van der Waals surface area contributed by atoms with Crippen LogP contribution in [-0.4, -0.2) is 14.8 Å². The van der Waals surface area contributed by atoms with Gasteiger partial charge in [-0.05, 0) is 36.0 Å². The first-order valence-electron chi connectivity index (χ1n) is 8.94. The number of anilines is 1. The van der Waals surface area contributed by atoms with E-state index < -0.39 is 0 Å². The maximum Gasteiger partial charge on any atom is 0.222 e. The molecule has 2 atom stereocenters. The minimum absolute atomic E-state index is 0.203. The topological polar surface area (TPSA) is 42.7 Å². The zero-order valence-electron chi connectivity index (χ0n) is 15.0. The van der Waals surface area contributed by atoms with Crippen molar-refractivity contribution in [2.75, 3.05) is 5.32 Å². The van der Waals surface area contributed by atoms with Crippen molar-refractivity contribution in [1.82, 2.24) is 14.8 Å². The Balaban J connectivity index is 1.67. The first kappa shape index (κ1) is 15.9. The van der Waals surface area contributed by atoms with Gasteiger partial charge in [0, 0.05) is 0 Å². The van der Waals surface area contributed by atoms with Crippen molar-refractivity contribution >= 4 is 5.95 Å². The van der Waals surface area contributed by atoms with E-state index in [2.05, 4.69) is 84.7 Å². The van der Waals surface area contributed by atoms with Gasteiger partial charge in [-0.2, -0.15) is 10.1 Å². The molecule has 0 spiro atoms. The lowest BCUT2D eigenvalue weighted by Crippen LogP contribution is -2.28. The summed E-state index contributed by atoms with van der Waals surface area (Å²) >= 11 is 0. The second-order valence-electron chi connectivity index (χ2n) is 7.21. The van der Waals surface area contributed by atoms with Gasteiger partial charge in [-0.3, -0.25) is 0 Å². The van der Waals surface area contributed by atoms with Crippen molar-refractivity contribution in [3.8, 4) is 0 Å². The SMILES string of the molecule is Cc1ccc([C@@H]2C[C@@H](c3ccc(C(C)C)cc3)Nc3ncnn32)cc1. The Morgan fingerprint density at radius 3 is 2.36 bits per heavy atom. The van der Waals surface area contributed by atoms with E-state index in [1.54, 1.807) is 6.33 Å². The number of rotatable bonds is 3. The van der Waals surface area contributed by atoms with E-state index in [0.29, 0.717) is 5.92 Å². The normalized spacial score (nSPS) is 19.5. The van der Waals surface area contributed by atoms with E-state index in [4.69, 9.17) is 0 Å². The maximum atomic E-state index is 4.45. The summed E-state index contributed by atoms with van der Waals surface area (Å²) in [6, 6.07) is 18.1. The van der Waals surface area contributed by atoms with Gasteiger partial charge in [0.2, 0.25) is 5.95 Å². The van der Waals surface area contributed by atoms with Gasteiger partial charge in [-0.25, -0.2) is 4.68 Å². The van der Waals surface area contributed by atoms with Gasteiger partial charge in [0.15, 0.2) is 0 Å². The minimum atomic E-state index is 0.203. The van der Waals surface area contributed by atoms with E-state index in [0.717, 1.165) is 12.4 Å². The quantitative estimate of drug-likeness (QED) is 0.745. The number of nitrogens with zero attached hydrogens (tertiary/aromatic N) is 3. The molecule has 0 amide bonds. The first-order valence-corrected chi connectivity index (χ1v) is 8.94. The number of hydrogen-bond donors (Lipinski definition) is 1. The lowest BCUT2D eigenvalue weighted by atomic mass is 9.91. The highest BCUT2D eigenvalue weighted by atomic mass is 15.4. The lowest BCUT2D eigenvalue weighted by Gasteiger charge is -2.32. The van der Waals surface area contributed by atoms with Gasteiger partial charge in [-0.15, -0.1) is 0 Å². The summed E-state index contributed by atoms with van der Waals surface area (Å²) in [5, 5.41) is 7.99. The highest BCUT2D eigenvalue weighted by Crippen LogP contribution is 2.37. The van der Waals surface area contributed by atoms with Gasteiger partial charge in [0.05, 0.1) is 12.1 Å². The van der Waals surface area contributed by atoms with E-state index in [-0.39, 0.29) is 12.1 Å². The van der Waals surface area contributed by atoms with Gasteiger partial charge in [-0.1, -0.05) is 67.9 Å². The Hall–Kier alpha value is -2.62. The monoisotopic (exact) mass is 332 g/mol. The fraction of sp³-hybridized carbons (Fsp3) is 0.333. The molecule has 0 aliphatic carbocycles. The van der Waals surface area contributed by atoms with Gasteiger partial charge in [0.25, 0.3) is 0 Å². The molecule has 4 rings (SSSR count). The van der Waals surface area contributed by atoms with Crippen molar-refractivity contribution in [3.05, 3.63) is 77.1 Å². The molecule has 1 aliphatic rings. The molecule has 0 fully saturated rings. The molecular weight excluding hydrogens is 308 g/mol. The summed E-state index contributed by atoms with van der Waals surface area (Å²) in [5.41, 5.74) is 5.23. The molecule has 1 aliphatic heterocycles. The molecule has 0 unspecified atom stereocenters. The smallest absolute Gasteiger partial charge is 0.222 e. The predicted molar refractivity (Wildman–Crippen MR) is 101 cm³/mol. The molecule has 25 heavy (non-hydrogen) atoms. The van der Waals surface area contributed by atoms with E-state index in [1.165, 1.54) is 22.3 Å². The fourth-order valence-electron chi connectivity index (χ4n) is 3.52. The zero-order chi connectivity index (χ0) is 17.4. The van der Waals surface area contributed by atoms with Crippen LogP contribution in [-0.2, 0) is 0 Å². The van der Waals surface area contributed by atoms with E-state index >= 15 is 0 Å². The molecule has 2 aromatic carbocycles. The molecular formula is C21H24N4. The minimum Gasteiger partial charge on any atom is -0.348 e. The Morgan fingerprint density at radius 1 is 1.00 bits per heavy atom. The van der Waals surface area contributed by atoms with E-state index in [9.17, 15) is 0 Å². The van der Waals surface area contributed by atoms with Crippen LogP contribution in [0.1, 0.15) is 60.5 Å². The molecule has 1 N–H and O–H groups in total. The molecule has 0 saturated heterocycles. The van der Waals surface area contributed by atoms with Crippen molar-refractivity contribution in [2.45, 2.75) is 45.2 Å². The molecule has 4 nitrogen and oxygen atoms in total. The third kappa shape index (κ3) is 3.04. The number of aryl methyl sites for hydroxylation is 1. The second-order valence-corrected chi connectivity index (χ2v) is 7.21. The van der Waals surface area contributed by atoms with Gasteiger partial charge in [0.1, 0.15) is 6.33 Å². The standard InChI is InChI=1S/C21H24N4/c1-14(2)16-8-10-17(11-9-16)19-12-20(18-6-4-15(3)5-7-18)25-21(24-19)22-13-23-25/h4-11,13-14,19-20H,12H2,1-3H3,(H,22,23,24)/t19-,20-/m0/s1. The van der Waals surface area contributed by atoms with Crippen LogP contribution in [0.5, 0.6) is 0 Å². The summed E-state index contributed by atoms with van der Waals surface area (Å²) in [6.07, 6.45) is 2.59. The Kier molecular flexibility index (Phi) is 4.04. The number of benzene rings is 2. The number of fused-ring (bicyclic) bond motifs is 1. The van der Waals surface area contributed by atoms with Crippen LogP contribution >= 0.6 is 0 Å². The highest BCUT2D eigenvalue weighted by Gasteiger charge is 2.29. The van der Waals surface area contributed by atoms with Crippen molar-refractivity contribution in [1.29, 1.82) is 0 Å². The van der Waals surface area contributed by atoms with Crippen LogP contribution in [0.2, 0.25) is 0 Å². The highest BCUT2D eigenvalue weighted by molar-refractivity contribution is 5.39. The van der Waals surface area contributed by atoms with Crippen LogP contribution < -0.4 is 5.32 Å². The number of hydrogen-bond acceptors (Lipinski definition) is 3. The third-order valence-electron chi connectivity index (χ3n) is 5.10. The predicted octanol–water partition coefficient (Wildman–Crippen LogP) is 4.86. The molecule has 3 aromatic rings. The van der Waals surface area contributed by atoms with E-state index in [1.807, 2.05) is 4.68 Å². The largest absolute Gasteiger partial charge is 0.348 e. The lowest BCUT2D eigenvalue weighted by molar-refractivity contribution is 0.431. The molecule has 0 saturated carbocycles. The Labute approximate surface area is 148 Å². The third-order valence-corrected chi connectivity index (χ3v) is 5.10. The Morgan fingerprint density at radius 2 is 1.68 bits per heavy atom. The number of nitrogens with one attached hydrogen (secondary N) is 1. The van der Waals surface area contributed by atoms with Crippen molar-refractivity contribution in [3.63, 3.8) is 0 Å². The van der Waals surface area contributed by atoms with Crippen LogP contribution in [0.15, 0.2) is 54.9 Å². The van der Waals surface area contributed by atoms with Gasteiger partial charge < -0.3 is 5.32 Å². The first-order chi connectivity index (χ1) is 12.1. The average Bonchev–Trinajstić information content (AvgIpc) is 3.10. The molecule has 4 heteroatoms. The zero-order valence-corrected chi connectivity index (χ0v) is 15.0. The van der Waals surface area contributed by atoms with Crippen LogP contribution in [0.25, 0.3) is 0 Å². The van der Waals surface area contributed by atoms with Gasteiger partial charge >= 0.3 is 0 Å². The summed E-state index contributed by atoms with van der Waals surface area (Å²) in [7, 11) is 0.